The number of halogens is 2. The number of methoxy groups -OCH3 is 1. The number of hydrogen-bond acceptors (Lipinski definition) is 3. The Morgan fingerprint density at radius 2 is 1.47 bits per heavy atom. The molecule has 0 atom stereocenters. The lowest BCUT2D eigenvalue weighted by molar-refractivity contribution is -0.113. The summed E-state index contributed by atoms with van der Waals surface area (Å²) in [6.07, 6.45) is 1.62. The van der Waals surface area contributed by atoms with E-state index in [1.807, 2.05) is 36.4 Å². The molecule has 0 aliphatic carbocycles. The Hall–Kier alpha value is -2.90. The van der Waals surface area contributed by atoms with Crippen LogP contribution in [0.3, 0.4) is 0 Å². The van der Waals surface area contributed by atoms with Crippen molar-refractivity contribution in [2.75, 3.05) is 12.4 Å². The molecular weight excluding hydrogens is 512 g/mol. The predicted octanol–water partition coefficient (Wildman–Crippen LogP) is 5.63. The zero-order valence-corrected chi connectivity index (χ0v) is 19.2. The van der Waals surface area contributed by atoms with Crippen molar-refractivity contribution < 1.29 is 14.3 Å². The molecule has 0 radical (unpaired) electrons. The van der Waals surface area contributed by atoms with Crippen LogP contribution in [0.1, 0.15) is 15.9 Å². The second-order valence-corrected chi connectivity index (χ2v) is 8.06. The molecule has 0 saturated carbocycles. The maximum Gasteiger partial charge on any atom is 0.272 e. The third kappa shape index (κ3) is 5.81. The Labute approximate surface area is 191 Å². The van der Waals surface area contributed by atoms with E-state index in [0.29, 0.717) is 17.0 Å². The van der Waals surface area contributed by atoms with Crippen molar-refractivity contribution in [2.45, 2.75) is 0 Å². The minimum absolute atomic E-state index is 0.108. The van der Waals surface area contributed by atoms with Crippen molar-refractivity contribution in [1.82, 2.24) is 5.32 Å². The maximum atomic E-state index is 12.9. The van der Waals surface area contributed by atoms with Crippen LogP contribution in [0.2, 0.25) is 0 Å². The Bertz CT molecular complexity index is 1080. The van der Waals surface area contributed by atoms with Crippen LogP contribution in [0.4, 0.5) is 5.69 Å². The third-order valence-electron chi connectivity index (χ3n) is 4.13. The van der Waals surface area contributed by atoms with Crippen molar-refractivity contribution in [3.63, 3.8) is 0 Å². The van der Waals surface area contributed by atoms with Crippen LogP contribution in [0.25, 0.3) is 6.08 Å². The number of benzene rings is 3. The van der Waals surface area contributed by atoms with Gasteiger partial charge in [-0.1, -0.05) is 56.1 Å². The van der Waals surface area contributed by atoms with Crippen LogP contribution < -0.4 is 15.4 Å². The highest BCUT2D eigenvalue weighted by Gasteiger charge is 2.17. The highest BCUT2D eigenvalue weighted by Crippen LogP contribution is 2.19. The van der Waals surface area contributed by atoms with E-state index in [-0.39, 0.29) is 5.70 Å². The van der Waals surface area contributed by atoms with Crippen molar-refractivity contribution in [2.24, 2.45) is 0 Å². The van der Waals surface area contributed by atoms with E-state index in [0.717, 1.165) is 14.5 Å². The van der Waals surface area contributed by atoms with Crippen molar-refractivity contribution in [3.05, 3.63) is 98.6 Å². The lowest BCUT2D eigenvalue weighted by atomic mass is 10.1. The smallest absolute Gasteiger partial charge is 0.272 e. The number of rotatable bonds is 6. The van der Waals surface area contributed by atoms with E-state index >= 15 is 0 Å². The number of para-hydroxylation sites is 1. The molecule has 3 aromatic rings. The fraction of sp³-hybridized carbons (Fsp3) is 0.0435. The number of anilines is 1. The topological polar surface area (TPSA) is 67.4 Å². The van der Waals surface area contributed by atoms with Crippen LogP contribution in [0.5, 0.6) is 5.75 Å². The summed E-state index contributed by atoms with van der Waals surface area (Å²) >= 11 is 6.76. The van der Waals surface area contributed by atoms with Crippen LogP contribution in [-0.4, -0.2) is 18.9 Å². The van der Waals surface area contributed by atoms with Gasteiger partial charge in [0, 0.05) is 14.6 Å². The first kappa shape index (κ1) is 21.8. The van der Waals surface area contributed by atoms with Gasteiger partial charge in [-0.15, -0.1) is 0 Å². The molecule has 152 valence electrons. The van der Waals surface area contributed by atoms with Crippen LogP contribution >= 0.6 is 31.9 Å². The van der Waals surface area contributed by atoms with Gasteiger partial charge in [-0.25, -0.2) is 0 Å². The minimum Gasteiger partial charge on any atom is -0.496 e. The Balaban J connectivity index is 1.90. The zero-order valence-electron chi connectivity index (χ0n) is 16.0. The third-order valence-corrected chi connectivity index (χ3v) is 5.18. The van der Waals surface area contributed by atoms with Crippen LogP contribution in [-0.2, 0) is 4.79 Å². The molecule has 0 spiro atoms. The van der Waals surface area contributed by atoms with E-state index in [1.165, 1.54) is 7.11 Å². The summed E-state index contributed by atoms with van der Waals surface area (Å²) in [6, 6.07) is 21.4. The van der Waals surface area contributed by atoms with Gasteiger partial charge in [-0.3, -0.25) is 9.59 Å². The molecule has 3 rings (SSSR count). The first-order chi connectivity index (χ1) is 14.5. The summed E-state index contributed by atoms with van der Waals surface area (Å²) in [4.78, 5) is 25.8. The number of amides is 2. The van der Waals surface area contributed by atoms with E-state index < -0.39 is 11.8 Å². The molecule has 0 aliphatic heterocycles. The molecule has 2 amide bonds. The van der Waals surface area contributed by atoms with Gasteiger partial charge < -0.3 is 15.4 Å². The summed E-state index contributed by atoms with van der Waals surface area (Å²) in [5, 5.41) is 5.51. The quantitative estimate of drug-likeness (QED) is 0.407. The molecule has 0 aromatic heterocycles. The highest BCUT2D eigenvalue weighted by molar-refractivity contribution is 9.10. The molecule has 0 saturated heterocycles. The highest BCUT2D eigenvalue weighted by atomic mass is 79.9. The molecular formula is C23H18Br2N2O3. The summed E-state index contributed by atoms with van der Waals surface area (Å²) in [5.74, 6) is -0.462. The first-order valence-electron chi connectivity index (χ1n) is 8.95. The molecule has 0 bridgehead atoms. The number of nitrogens with one attached hydrogen (secondary N) is 2. The Kier molecular flexibility index (Phi) is 7.43. The number of hydrogen-bond donors (Lipinski definition) is 2. The van der Waals surface area contributed by atoms with Gasteiger partial charge in [0.15, 0.2) is 0 Å². The van der Waals surface area contributed by atoms with E-state index in [2.05, 4.69) is 42.5 Å². The van der Waals surface area contributed by atoms with Gasteiger partial charge in [-0.2, -0.15) is 0 Å². The van der Waals surface area contributed by atoms with Gasteiger partial charge in [0.2, 0.25) is 0 Å². The number of ether oxygens (including phenoxy) is 1. The summed E-state index contributed by atoms with van der Waals surface area (Å²) in [5.41, 5.74) is 1.81. The van der Waals surface area contributed by atoms with E-state index in [9.17, 15) is 9.59 Å². The number of carbonyl (C=O) groups excluding carboxylic acids is 2. The molecule has 2 N–H and O–H groups in total. The largest absolute Gasteiger partial charge is 0.496 e. The van der Waals surface area contributed by atoms with E-state index in [1.54, 1.807) is 42.5 Å². The molecule has 7 heteroatoms. The average molecular weight is 530 g/mol. The molecule has 0 aliphatic rings. The van der Waals surface area contributed by atoms with Gasteiger partial charge in [0.25, 0.3) is 11.8 Å². The van der Waals surface area contributed by atoms with Crippen LogP contribution in [0, 0.1) is 0 Å². The fourth-order valence-corrected chi connectivity index (χ4v) is 3.17. The second kappa shape index (κ2) is 10.2. The Morgan fingerprint density at radius 3 is 2.10 bits per heavy atom. The van der Waals surface area contributed by atoms with Crippen LogP contribution in [0.15, 0.2) is 87.4 Å². The summed E-state index contributed by atoms with van der Waals surface area (Å²) < 4.78 is 7.07. The molecule has 0 heterocycles. The summed E-state index contributed by atoms with van der Waals surface area (Å²) in [6.45, 7) is 0. The monoisotopic (exact) mass is 528 g/mol. The Morgan fingerprint density at radius 1 is 0.867 bits per heavy atom. The van der Waals surface area contributed by atoms with Gasteiger partial charge in [-0.05, 0) is 60.2 Å². The predicted molar refractivity (Wildman–Crippen MR) is 125 cm³/mol. The normalized spacial score (nSPS) is 11.0. The van der Waals surface area contributed by atoms with Gasteiger partial charge in [0.05, 0.1) is 12.7 Å². The molecule has 0 fully saturated rings. The van der Waals surface area contributed by atoms with Crippen molar-refractivity contribution in [1.29, 1.82) is 0 Å². The second-order valence-electron chi connectivity index (χ2n) is 6.22. The number of carbonyl (C=O) groups is 2. The maximum absolute atomic E-state index is 12.9. The van der Waals surface area contributed by atoms with Crippen molar-refractivity contribution >= 4 is 55.4 Å². The van der Waals surface area contributed by atoms with Gasteiger partial charge in [0.1, 0.15) is 11.4 Å². The fourth-order valence-electron chi connectivity index (χ4n) is 2.64. The molecule has 3 aromatic carbocycles. The SMILES string of the molecule is COc1ccccc1C(=O)N/C(=C\c1ccc(Br)cc1)C(=O)Nc1ccc(Br)cc1. The molecule has 0 unspecified atom stereocenters. The standard InChI is InChI=1S/C23H18Br2N2O3/c1-30-21-5-3-2-4-19(21)22(28)27-20(14-15-6-8-16(24)9-7-15)23(29)26-18-12-10-17(25)11-13-18/h2-14H,1H3,(H,26,29)(H,27,28)/b20-14-. The van der Waals surface area contributed by atoms with Crippen molar-refractivity contribution in [3.8, 4) is 5.75 Å². The average Bonchev–Trinajstić information content (AvgIpc) is 2.76. The lowest BCUT2D eigenvalue weighted by Crippen LogP contribution is -2.31. The molecule has 5 nitrogen and oxygen atoms in total. The van der Waals surface area contributed by atoms with E-state index in [4.69, 9.17) is 4.74 Å². The minimum atomic E-state index is -0.443. The zero-order chi connectivity index (χ0) is 21.5. The van der Waals surface area contributed by atoms with Gasteiger partial charge >= 0.3 is 0 Å². The lowest BCUT2D eigenvalue weighted by Gasteiger charge is -2.13. The molecule has 30 heavy (non-hydrogen) atoms. The summed E-state index contributed by atoms with van der Waals surface area (Å²) in [7, 11) is 1.49. The first-order valence-corrected chi connectivity index (χ1v) is 10.5.